The minimum Gasteiger partial charge on any atom is -0.434 e. The van der Waals surface area contributed by atoms with Gasteiger partial charge in [-0.3, -0.25) is 4.79 Å². The molecule has 27 heavy (non-hydrogen) atoms. The molecule has 2 aromatic carbocycles. The second-order valence-electron chi connectivity index (χ2n) is 5.84. The molecule has 0 fully saturated rings. The summed E-state index contributed by atoms with van der Waals surface area (Å²) in [5, 5.41) is 2.72. The van der Waals surface area contributed by atoms with Crippen molar-refractivity contribution in [1.29, 1.82) is 0 Å². The molecule has 0 aliphatic carbocycles. The minimum atomic E-state index is -2.98. The van der Waals surface area contributed by atoms with Crippen LogP contribution in [0.2, 0.25) is 0 Å². The number of nitrogens with one attached hydrogen (secondary N) is 1. The van der Waals surface area contributed by atoms with Crippen molar-refractivity contribution in [1.82, 2.24) is 14.9 Å². The fourth-order valence-electron chi connectivity index (χ4n) is 2.73. The maximum atomic E-state index is 12.5. The maximum Gasteiger partial charge on any atom is 0.387 e. The van der Waals surface area contributed by atoms with Crippen molar-refractivity contribution >= 4 is 5.91 Å². The summed E-state index contributed by atoms with van der Waals surface area (Å²) in [5.74, 6) is 0.222. The van der Waals surface area contributed by atoms with Crippen molar-refractivity contribution in [2.45, 2.75) is 19.6 Å². The number of carbonyl (C=O) groups excluding carboxylic acids is 1. The van der Waals surface area contributed by atoms with Crippen molar-refractivity contribution in [2.24, 2.45) is 0 Å². The van der Waals surface area contributed by atoms with Gasteiger partial charge in [0.2, 0.25) is 0 Å². The summed E-state index contributed by atoms with van der Waals surface area (Å²) in [7, 11) is 0. The number of ether oxygens (including phenoxy) is 1. The predicted molar refractivity (Wildman–Crippen MR) is 96.9 cm³/mol. The van der Waals surface area contributed by atoms with Gasteiger partial charge in [0.25, 0.3) is 5.91 Å². The van der Waals surface area contributed by atoms with E-state index in [2.05, 4.69) is 15.0 Å². The maximum absolute atomic E-state index is 12.5. The number of hydrogen-bond donors (Lipinski definition) is 1. The van der Waals surface area contributed by atoms with Crippen LogP contribution in [0, 0.1) is 0 Å². The van der Waals surface area contributed by atoms with Crippen LogP contribution in [-0.4, -0.2) is 28.6 Å². The van der Waals surface area contributed by atoms with E-state index in [1.54, 1.807) is 12.3 Å². The number of carbonyl (C=O) groups is 1. The van der Waals surface area contributed by atoms with Crippen LogP contribution in [0.15, 0.2) is 67.0 Å². The number of para-hydroxylation sites is 1. The lowest BCUT2D eigenvalue weighted by Gasteiger charge is -2.11. The third kappa shape index (κ3) is 5.13. The first kappa shape index (κ1) is 18.6. The van der Waals surface area contributed by atoms with Crippen LogP contribution >= 0.6 is 0 Å². The zero-order valence-corrected chi connectivity index (χ0v) is 14.5. The van der Waals surface area contributed by atoms with Crippen molar-refractivity contribution in [3.63, 3.8) is 0 Å². The first-order chi connectivity index (χ1) is 13.1. The van der Waals surface area contributed by atoms with Crippen LogP contribution in [0.25, 0.3) is 0 Å². The predicted octanol–water partition coefficient (Wildman–Crippen LogP) is 3.51. The molecule has 7 heteroatoms. The molecule has 1 heterocycles. The fraction of sp³-hybridized carbons (Fsp3) is 0.200. The molecule has 0 bridgehead atoms. The Hall–Kier alpha value is -3.22. The fourth-order valence-corrected chi connectivity index (χ4v) is 2.73. The van der Waals surface area contributed by atoms with Crippen LogP contribution < -0.4 is 10.1 Å². The Morgan fingerprint density at radius 2 is 1.85 bits per heavy atom. The van der Waals surface area contributed by atoms with E-state index in [0.717, 1.165) is 11.4 Å². The third-order valence-corrected chi connectivity index (χ3v) is 3.98. The molecule has 140 valence electrons. The molecule has 0 spiro atoms. The number of nitrogens with zero attached hydrogens (tertiary/aromatic N) is 2. The average Bonchev–Trinajstić information content (AvgIpc) is 3.09. The van der Waals surface area contributed by atoms with Gasteiger partial charge in [-0.15, -0.1) is 0 Å². The molecule has 3 aromatic rings. The van der Waals surface area contributed by atoms with Gasteiger partial charge in [-0.2, -0.15) is 8.78 Å². The highest BCUT2D eigenvalue weighted by Crippen LogP contribution is 2.20. The summed E-state index contributed by atoms with van der Waals surface area (Å²) in [5.41, 5.74) is 1.23. The Kier molecular flexibility index (Phi) is 6.14. The smallest absolute Gasteiger partial charge is 0.387 e. The number of aromatic nitrogens is 2. The topological polar surface area (TPSA) is 56.2 Å². The van der Waals surface area contributed by atoms with Gasteiger partial charge in [-0.1, -0.05) is 42.5 Å². The van der Waals surface area contributed by atoms with E-state index in [4.69, 9.17) is 0 Å². The van der Waals surface area contributed by atoms with Gasteiger partial charge in [0.1, 0.15) is 11.6 Å². The van der Waals surface area contributed by atoms with Gasteiger partial charge in [0.15, 0.2) is 0 Å². The minimum absolute atomic E-state index is 0.0745. The van der Waals surface area contributed by atoms with Crippen LogP contribution in [0.5, 0.6) is 5.75 Å². The number of alkyl halides is 2. The Balaban J connectivity index is 1.58. The van der Waals surface area contributed by atoms with E-state index in [1.807, 2.05) is 41.1 Å². The SMILES string of the molecule is O=C(NCCc1nccn1Cc1ccccc1)c1ccccc1OC(F)F. The molecule has 0 aliphatic rings. The Morgan fingerprint density at radius 3 is 2.63 bits per heavy atom. The molecule has 0 unspecified atom stereocenters. The second-order valence-corrected chi connectivity index (χ2v) is 5.84. The highest BCUT2D eigenvalue weighted by molar-refractivity contribution is 5.96. The molecule has 0 atom stereocenters. The summed E-state index contributed by atoms with van der Waals surface area (Å²) in [6, 6.07) is 15.9. The molecule has 0 saturated heterocycles. The van der Waals surface area contributed by atoms with E-state index in [1.165, 1.54) is 18.2 Å². The standard InChI is InChI=1S/C20H19F2N3O2/c21-20(22)27-17-9-5-4-8-16(17)19(26)24-11-10-18-23-12-13-25(18)14-15-6-2-1-3-7-15/h1-9,12-13,20H,10-11,14H2,(H,24,26). The molecule has 0 radical (unpaired) electrons. The molecule has 1 amide bonds. The van der Waals surface area contributed by atoms with Crippen molar-refractivity contribution in [2.75, 3.05) is 6.54 Å². The van der Waals surface area contributed by atoms with E-state index in [-0.39, 0.29) is 11.3 Å². The second kappa shape index (κ2) is 8.93. The van der Waals surface area contributed by atoms with E-state index < -0.39 is 12.5 Å². The molecule has 5 nitrogen and oxygen atoms in total. The van der Waals surface area contributed by atoms with Crippen LogP contribution in [0.4, 0.5) is 8.78 Å². The molecule has 1 N–H and O–H groups in total. The van der Waals surface area contributed by atoms with Gasteiger partial charge >= 0.3 is 6.61 Å². The number of halogens is 2. The lowest BCUT2D eigenvalue weighted by molar-refractivity contribution is -0.0501. The van der Waals surface area contributed by atoms with Gasteiger partial charge < -0.3 is 14.6 Å². The van der Waals surface area contributed by atoms with Crippen LogP contribution in [0.3, 0.4) is 0 Å². The van der Waals surface area contributed by atoms with Gasteiger partial charge in [0, 0.05) is 31.9 Å². The molecule has 0 saturated carbocycles. The normalized spacial score (nSPS) is 10.8. The van der Waals surface area contributed by atoms with E-state index >= 15 is 0 Å². The Bertz CT molecular complexity index is 882. The summed E-state index contributed by atoms with van der Waals surface area (Å²) < 4.78 is 31.3. The number of amides is 1. The summed E-state index contributed by atoms with van der Waals surface area (Å²) in [6.45, 7) is -1.97. The van der Waals surface area contributed by atoms with E-state index in [9.17, 15) is 13.6 Å². The molecular weight excluding hydrogens is 352 g/mol. The molecule has 0 aliphatic heterocycles. The molecular formula is C20H19F2N3O2. The first-order valence-electron chi connectivity index (χ1n) is 8.49. The summed E-state index contributed by atoms with van der Waals surface area (Å²) in [6.07, 6.45) is 4.12. The highest BCUT2D eigenvalue weighted by Gasteiger charge is 2.15. The number of benzene rings is 2. The molecule has 3 rings (SSSR count). The van der Waals surface area contributed by atoms with Crippen LogP contribution in [-0.2, 0) is 13.0 Å². The highest BCUT2D eigenvalue weighted by atomic mass is 19.3. The van der Waals surface area contributed by atoms with E-state index in [0.29, 0.717) is 19.5 Å². The lowest BCUT2D eigenvalue weighted by Crippen LogP contribution is -2.27. The number of hydrogen-bond acceptors (Lipinski definition) is 3. The third-order valence-electron chi connectivity index (χ3n) is 3.98. The quantitative estimate of drug-likeness (QED) is 0.659. The summed E-state index contributed by atoms with van der Waals surface area (Å²) in [4.78, 5) is 16.6. The number of rotatable bonds is 8. The Morgan fingerprint density at radius 1 is 1.11 bits per heavy atom. The Labute approximate surface area is 155 Å². The monoisotopic (exact) mass is 371 g/mol. The van der Waals surface area contributed by atoms with Gasteiger partial charge in [0.05, 0.1) is 5.56 Å². The first-order valence-corrected chi connectivity index (χ1v) is 8.49. The average molecular weight is 371 g/mol. The zero-order valence-electron chi connectivity index (χ0n) is 14.5. The van der Waals surface area contributed by atoms with Gasteiger partial charge in [-0.05, 0) is 17.7 Å². The van der Waals surface area contributed by atoms with Crippen LogP contribution in [0.1, 0.15) is 21.7 Å². The van der Waals surface area contributed by atoms with Crippen molar-refractivity contribution in [3.05, 3.63) is 83.9 Å². The van der Waals surface area contributed by atoms with Gasteiger partial charge in [-0.25, -0.2) is 4.98 Å². The largest absolute Gasteiger partial charge is 0.434 e. The zero-order chi connectivity index (χ0) is 19.1. The lowest BCUT2D eigenvalue weighted by atomic mass is 10.2. The van der Waals surface area contributed by atoms with Crippen molar-refractivity contribution < 1.29 is 18.3 Å². The summed E-state index contributed by atoms with van der Waals surface area (Å²) >= 11 is 0. The molecule has 1 aromatic heterocycles. The van der Waals surface area contributed by atoms with Crippen molar-refractivity contribution in [3.8, 4) is 5.75 Å². The number of imidazole rings is 1.